The highest BCUT2D eigenvalue weighted by Crippen LogP contribution is 2.27. The van der Waals surface area contributed by atoms with E-state index >= 15 is 0 Å². The first kappa shape index (κ1) is 14.5. The van der Waals surface area contributed by atoms with Crippen molar-refractivity contribution in [1.82, 2.24) is 4.90 Å². The normalized spacial score (nSPS) is 18.1. The summed E-state index contributed by atoms with van der Waals surface area (Å²) in [6.45, 7) is 6.20. The van der Waals surface area contributed by atoms with E-state index in [1.807, 2.05) is 6.92 Å². The molecule has 1 aromatic carbocycles. The molecule has 0 radical (unpaired) electrons. The highest BCUT2D eigenvalue weighted by Gasteiger charge is 2.39. The summed E-state index contributed by atoms with van der Waals surface area (Å²) >= 11 is 3.53. The van der Waals surface area contributed by atoms with Crippen LogP contribution in [0.5, 0.6) is 0 Å². The molecule has 4 nitrogen and oxygen atoms in total. The zero-order chi connectivity index (χ0) is 14.0. The largest absolute Gasteiger partial charge is 0.480 e. The lowest BCUT2D eigenvalue weighted by Crippen LogP contribution is -2.61. The monoisotopic (exact) mass is 327 g/mol. The van der Waals surface area contributed by atoms with Gasteiger partial charge in [0.2, 0.25) is 0 Å². The number of hydrogen-bond donors (Lipinski definition) is 1. The van der Waals surface area contributed by atoms with E-state index in [-0.39, 0.29) is 12.2 Å². The first-order valence-corrected chi connectivity index (χ1v) is 7.00. The third-order valence-corrected chi connectivity index (χ3v) is 4.16. The molecule has 0 bridgehead atoms. The van der Waals surface area contributed by atoms with Crippen LogP contribution in [0, 0.1) is 6.92 Å². The molecule has 5 heteroatoms. The number of ether oxygens (including phenoxy) is 1. The minimum Gasteiger partial charge on any atom is -0.480 e. The van der Waals surface area contributed by atoms with Gasteiger partial charge in [-0.2, -0.15) is 0 Å². The smallest absolute Gasteiger partial charge is 0.329 e. The van der Waals surface area contributed by atoms with Gasteiger partial charge in [-0.1, -0.05) is 28.1 Å². The van der Waals surface area contributed by atoms with Gasteiger partial charge in [0.05, 0.1) is 5.60 Å². The predicted octanol–water partition coefficient (Wildman–Crippen LogP) is 2.43. The molecular formula is C14H18BrNO3. The van der Waals surface area contributed by atoms with Crippen LogP contribution in [-0.4, -0.2) is 41.3 Å². The molecule has 0 unspecified atom stereocenters. The summed E-state index contributed by atoms with van der Waals surface area (Å²) in [6.07, 6.45) is 0. The van der Waals surface area contributed by atoms with Gasteiger partial charge >= 0.3 is 5.97 Å². The number of likely N-dealkylation sites (tertiary alicyclic amines) is 1. The van der Waals surface area contributed by atoms with Crippen molar-refractivity contribution >= 4 is 21.9 Å². The van der Waals surface area contributed by atoms with Gasteiger partial charge in [0.25, 0.3) is 0 Å². The molecule has 1 aliphatic heterocycles. The number of carboxylic acids is 1. The molecule has 0 atom stereocenters. The Morgan fingerprint density at radius 3 is 2.79 bits per heavy atom. The number of halogens is 1. The minimum atomic E-state index is -0.915. The van der Waals surface area contributed by atoms with Crippen LogP contribution >= 0.6 is 15.9 Å². The number of rotatable bonds is 5. The Labute approximate surface area is 121 Å². The van der Waals surface area contributed by atoms with Crippen molar-refractivity contribution in [3.8, 4) is 0 Å². The van der Waals surface area contributed by atoms with Crippen LogP contribution < -0.4 is 0 Å². The molecule has 0 aliphatic carbocycles. The Bertz CT molecular complexity index is 484. The number of carbonyl (C=O) groups is 1. The van der Waals surface area contributed by atoms with Crippen LogP contribution in [0.25, 0.3) is 0 Å². The molecular weight excluding hydrogens is 310 g/mol. The molecule has 1 aliphatic rings. The Morgan fingerprint density at radius 1 is 1.53 bits per heavy atom. The topological polar surface area (TPSA) is 49.8 Å². The van der Waals surface area contributed by atoms with Crippen LogP contribution in [0.2, 0.25) is 0 Å². The highest BCUT2D eigenvalue weighted by atomic mass is 79.9. The Hall–Kier alpha value is -0.910. The van der Waals surface area contributed by atoms with Gasteiger partial charge in [0.15, 0.2) is 0 Å². The van der Waals surface area contributed by atoms with Gasteiger partial charge in [-0.3, -0.25) is 4.90 Å². The lowest BCUT2D eigenvalue weighted by Gasteiger charge is -2.47. The van der Waals surface area contributed by atoms with Crippen molar-refractivity contribution in [2.75, 3.05) is 19.7 Å². The van der Waals surface area contributed by atoms with Crippen LogP contribution in [0.3, 0.4) is 0 Å². The molecule has 2 rings (SSSR count). The zero-order valence-corrected chi connectivity index (χ0v) is 12.7. The summed E-state index contributed by atoms with van der Waals surface area (Å²) in [6, 6.07) is 6.34. The number of carboxylic acid groups (broad SMARTS) is 1. The quantitative estimate of drug-likeness (QED) is 0.902. The van der Waals surface area contributed by atoms with E-state index < -0.39 is 5.97 Å². The van der Waals surface area contributed by atoms with E-state index in [1.165, 1.54) is 11.1 Å². The lowest BCUT2D eigenvalue weighted by molar-refractivity contribution is -0.165. The Balaban J connectivity index is 1.84. The van der Waals surface area contributed by atoms with Crippen molar-refractivity contribution in [3.63, 3.8) is 0 Å². The molecule has 0 spiro atoms. The van der Waals surface area contributed by atoms with Gasteiger partial charge in [0, 0.05) is 24.1 Å². The molecule has 1 saturated heterocycles. The lowest BCUT2D eigenvalue weighted by atomic mass is 9.95. The number of hydrogen-bond acceptors (Lipinski definition) is 3. The van der Waals surface area contributed by atoms with E-state index in [2.05, 4.69) is 46.0 Å². The second-order valence-electron chi connectivity index (χ2n) is 5.36. The van der Waals surface area contributed by atoms with Crippen LogP contribution in [-0.2, 0) is 16.1 Å². The number of benzene rings is 1. The molecule has 104 valence electrons. The Kier molecular flexibility index (Phi) is 4.28. The number of nitrogens with zero attached hydrogens (tertiary/aromatic N) is 1. The number of aliphatic carboxylic acids is 1. The van der Waals surface area contributed by atoms with Crippen LogP contribution in [0.4, 0.5) is 0 Å². The molecule has 1 aromatic rings. The predicted molar refractivity (Wildman–Crippen MR) is 76.1 cm³/mol. The third kappa shape index (κ3) is 3.78. The average Bonchev–Trinajstić information content (AvgIpc) is 2.29. The molecule has 0 aromatic heterocycles. The first-order valence-electron chi connectivity index (χ1n) is 6.21. The highest BCUT2D eigenvalue weighted by molar-refractivity contribution is 9.10. The summed E-state index contributed by atoms with van der Waals surface area (Å²) < 4.78 is 6.51. The number of aryl methyl sites for hydroxylation is 1. The van der Waals surface area contributed by atoms with Gasteiger partial charge in [-0.25, -0.2) is 4.79 Å². The van der Waals surface area contributed by atoms with Crippen molar-refractivity contribution in [2.45, 2.75) is 26.0 Å². The van der Waals surface area contributed by atoms with Gasteiger partial charge in [-0.15, -0.1) is 0 Å². The zero-order valence-electron chi connectivity index (χ0n) is 11.1. The maximum atomic E-state index is 10.5. The van der Waals surface area contributed by atoms with Crippen molar-refractivity contribution in [3.05, 3.63) is 33.8 Å². The second-order valence-corrected chi connectivity index (χ2v) is 6.22. The molecule has 1 heterocycles. The van der Waals surface area contributed by atoms with Gasteiger partial charge in [-0.05, 0) is 31.0 Å². The van der Waals surface area contributed by atoms with Crippen molar-refractivity contribution < 1.29 is 14.6 Å². The van der Waals surface area contributed by atoms with E-state index in [9.17, 15) is 4.79 Å². The SMILES string of the molecule is Cc1ccc(CN2CC(C)(OCC(=O)O)C2)cc1Br. The first-order chi connectivity index (χ1) is 8.88. The summed E-state index contributed by atoms with van der Waals surface area (Å²) in [5.41, 5.74) is 2.15. The molecule has 0 saturated carbocycles. The summed E-state index contributed by atoms with van der Waals surface area (Å²) in [7, 11) is 0. The third-order valence-electron chi connectivity index (χ3n) is 3.30. The van der Waals surface area contributed by atoms with E-state index in [1.54, 1.807) is 0 Å². The molecule has 0 amide bonds. The Morgan fingerprint density at radius 2 is 2.21 bits per heavy atom. The van der Waals surface area contributed by atoms with Crippen molar-refractivity contribution in [2.24, 2.45) is 0 Å². The summed E-state index contributed by atoms with van der Waals surface area (Å²) in [4.78, 5) is 12.7. The van der Waals surface area contributed by atoms with Crippen LogP contribution in [0.1, 0.15) is 18.1 Å². The fourth-order valence-electron chi connectivity index (χ4n) is 2.33. The van der Waals surface area contributed by atoms with E-state index in [0.717, 1.165) is 24.1 Å². The maximum absolute atomic E-state index is 10.5. The molecule has 19 heavy (non-hydrogen) atoms. The van der Waals surface area contributed by atoms with Gasteiger partial charge < -0.3 is 9.84 Å². The van der Waals surface area contributed by atoms with Crippen LogP contribution in [0.15, 0.2) is 22.7 Å². The molecule has 1 N–H and O–H groups in total. The van der Waals surface area contributed by atoms with E-state index in [0.29, 0.717) is 0 Å². The summed E-state index contributed by atoms with van der Waals surface area (Å²) in [5.74, 6) is -0.915. The van der Waals surface area contributed by atoms with Crippen molar-refractivity contribution in [1.29, 1.82) is 0 Å². The average molecular weight is 328 g/mol. The molecule has 1 fully saturated rings. The fraction of sp³-hybridized carbons (Fsp3) is 0.500. The standard InChI is InChI=1S/C14H18BrNO3/c1-10-3-4-11(5-12(10)15)6-16-8-14(2,9-16)19-7-13(17)18/h3-5H,6-9H2,1-2H3,(H,17,18). The minimum absolute atomic E-state index is 0.222. The fourth-order valence-corrected chi connectivity index (χ4v) is 2.76. The second kappa shape index (κ2) is 5.61. The summed E-state index contributed by atoms with van der Waals surface area (Å²) in [5, 5.41) is 8.61. The van der Waals surface area contributed by atoms with E-state index in [4.69, 9.17) is 9.84 Å². The maximum Gasteiger partial charge on any atom is 0.329 e. The van der Waals surface area contributed by atoms with Gasteiger partial charge in [0.1, 0.15) is 6.61 Å².